The Balaban J connectivity index is 3.85. The lowest BCUT2D eigenvalue weighted by atomic mass is 10.0. The fourth-order valence-electron chi connectivity index (χ4n) is 10.7. The van der Waals surface area contributed by atoms with Gasteiger partial charge in [0.25, 0.3) is 0 Å². The number of hydrogen-bond donors (Lipinski definition) is 2. The third kappa shape index (κ3) is 78.5. The van der Waals surface area contributed by atoms with Crippen molar-refractivity contribution in [2.75, 3.05) is 26.4 Å². The molecule has 0 aliphatic rings. The Hall–Kier alpha value is -4.37. The van der Waals surface area contributed by atoms with E-state index in [1.165, 1.54) is 173 Å². The van der Waals surface area contributed by atoms with Crippen molar-refractivity contribution in [3.05, 3.63) is 158 Å². The average Bonchev–Trinajstić information content (AvgIpc) is 3.32. The van der Waals surface area contributed by atoms with Gasteiger partial charge in [0.15, 0.2) is 6.10 Å². The number of phosphoric acid groups is 1. The van der Waals surface area contributed by atoms with Crippen LogP contribution in [-0.4, -0.2) is 49.3 Å². The molecule has 0 aliphatic heterocycles. The van der Waals surface area contributed by atoms with Crippen LogP contribution in [0.3, 0.4) is 0 Å². The van der Waals surface area contributed by atoms with E-state index < -0.39 is 26.5 Å². The van der Waals surface area contributed by atoms with Gasteiger partial charge in [-0.25, -0.2) is 4.57 Å². The third-order valence-electron chi connectivity index (χ3n) is 16.4. The Bertz CT molecular complexity index is 2120. The van der Waals surface area contributed by atoms with E-state index in [0.717, 1.165) is 128 Å². The molecule has 2 atom stereocenters. The second-order valence-corrected chi connectivity index (χ2v) is 26.9. The first-order valence-electron chi connectivity index (χ1n) is 39.0. The van der Waals surface area contributed by atoms with Crippen LogP contribution in [0.5, 0.6) is 0 Å². The normalized spacial score (nSPS) is 13.8. The highest BCUT2D eigenvalue weighted by molar-refractivity contribution is 7.47. The summed E-state index contributed by atoms with van der Waals surface area (Å²) in [5.74, 6) is -0.828. The van der Waals surface area contributed by atoms with Gasteiger partial charge in [-0.1, -0.05) is 358 Å². The van der Waals surface area contributed by atoms with E-state index in [0.29, 0.717) is 6.42 Å². The van der Waals surface area contributed by atoms with E-state index in [4.69, 9.17) is 24.3 Å². The molecule has 0 spiro atoms. The molecule has 3 N–H and O–H groups in total. The quantitative estimate of drug-likeness (QED) is 0.0264. The summed E-state index contributed by atoms with van der Waals surface area (Å²) in [5.41, 5.74) is 5.41. The third-order valence-corrected chi connectivity index (χ3v) is 17.4. The fourth-order valence-corrected chi connectivity index (χ4v) is 11.5. The number of rotatable bonds is 72. The van der Waals surface area contributed by atoms with Gasteiger partial charge in [0.1, 0.15) is 6.61 Å². The molecule has 0 aromatic carbocycles. The van der Waals surface area contributed by atoms with Crippen molar-refractivity contribution in [1.82, 2.24) is 0 Å². The van der Waals surface area contributed by atoms with Gasteiger partial charge in [0.05, 0.1) is 13.2 Å². The highest BCUT2D eigenvalue weighted by atomic mass is 31.2. The minimum Gasteiger partial charge on any atom is -0.462 e. The molecule has 2 unspecified atom stereocenters. The Morgan fingerprint density at radius 2 is 0.547 bits per heavy atom. The SMILES string of the molecule is CC/C=C\C/C=C\C/C=C\C/C=C\C/C=C\C/C=C\C/C=C\C/C=C\CCCCCCCCCCCCC(=O)OC(COC(=O)CCCCCCCCCCCCCCCCCCCCCCCCC/C=C\C/C=C\C/C=C\C/C=C\C/C=C\CC)COP(=O)(O)OCCN. The molecular formula is C85H144NO8P. The smallest absolute Gasteiger partial charge is 0.462 e. The molecular weight excluding hydrogens is 1190 g/mol. The lowest BCUT2D eigenvalue weighted by Crippen LogP contribution is -2.29. The van der Waals surface area contributed by atoms with Gasteiger partial charge in [-0.15, -0.1) is 0 Å². The highest BCUT2D eigenvalue weighted by Crippen LogP contribution is 2.43. The predicted molar refractivity (Wildman–Crippen MR) is 413 cm³/mol. The maximum absolute atomic E-state index is 12.8. The molecule has 9 nitrogen and oxygen atoms in total. The first kappa shape index (κ1) is 90.6. The number of phosphoric ester groups is 1. The Morgan fingerprint density at radius 3 is 0.811 bits per heavy atom. The minimum atomic E-state index is -4.41. The Labute approximate surface area is 585 Å². The van der Waals surface area contributed by atoms with Gasteiger partial charge in [-0.3, -0.25) is 18.6 Å². The number of hydrogen-bond acceptors (Lipinski definition) is 8. The molecule has 0 bridgehead atoms. The van der Waals surface area contributed by atoms with Crippen molar-refractivity contribution in [2.24, 2.45) is 5.73 Å². The molecule has 0 heterocycles. The summed E-state index contributed by atoms with van der Waals surface area (Å²) in [6.45, 7) is 3.53. The van der Waals surface area contributed by atoms with Crippen molar-refractivity contribution in [3.63, 3.8) is 0 Å². The summed E-state index contributed by atoms with van der Waals surface area (Å²) >= 11 is 0. The topological polar surface area (TPSA) is 134 Å². The lowest BCUT2D eigenvalue weighted by molar-refractivity contribution is -0.161. The largest absolute Gasteiger partial charge is 0.472 e. The zero-order chi connectivity index (χ0) is 68.6. The van der Waals surface area contributed by atoms with Crippen molar-refractivity contribution < 1.29 is 37.6 Å². The van der Waals surface area contributed by atoms with Crippen molar-refractivity contribution in [1.29, 1.82) is 0 Å². The number of carbonyl (C=O) groups is 2. The predicted octanol–water partition coefficient (Wildman–Crippen LogP) is 26.3. The molecule has 95 heavy (non-hydrogen) atoms. The molecule has 0 amide bonds. The van der Waals surface area contributed by atoms with E-state index in [9.17, 15) is 19.0 Å². The standard InChI is InChI=1S/C85H144NO8P/c1-3-5-7-9-11-13-15-17-19-21-23-25-27-29-31-33-35-37-39-40-41-42-44-45-47-49-51-53-55-57-59-61-63-65-67-69-71-73-75-77-84(87)91-81-83(82-93-95(89,90)92-80-79-86)94-85(88)78-76-74-72-70-68-66-64-62-60-58-56-54-52-50-48-46-43-38-36-34-32-30-28-26-24-22-20-18-16-14-12-10-8-6-4-2/h5-8,11-14,17-20,23-26,29-32,36,38,46,48,52,54,83H,3-4,9-10,15-16,21-22,27-28,33-35,37,39-45,47,49-51,53,55-82,86H2,1-2H3,(H,89,90)/b7-5-,8-6-,13-11-,14-12-,19-17-,20-18-,25-23-,26-24-,31-29-,32-30-,38-36-,48-46-,54-52-. The molecule has 0 fully saturated rings. The van der Waals surface area contributed by atoms with Crippen LogP contribution in [0.2, 0.25) is 0 Å². The summed E-state index contributed by atoms with van der Waals surface area (Å²) < 4.78 is 33.3. The monoisotopic (exact) mass is 1340 g/mol. The maximum Gasteiger partial charge on any atom is 0.472 e. The van der Waals surface area contributed by atoms with Crippen LogP contribution in [-0.2, 0) is 32.7 Å². The van der Waals surface area contributed by atoms with Crippen molar-refractivity contribution >= 4 is 19.8 Å². The molecule has 0 radical (unpaired) electrons. The van der Waals surface area contributed by atoms with Crippen LogP contribution in [0.1, 0.15) is 335 Å². The minimum absolute atomic E-state index is 0.0477. The van der Waals surface area contributed by atoms with Gasteiger partial charge >= 0.3 is 19.8 Å². The van der Waals surface area contributed by atoms with E-state index >= 15 is 0 Å². The number of ether oxygens (including phenoxy) is 2. The first-order valence-corrected chi connectivity index (χ1v) is 40.5. The molecule has 0 aliphatic carbocycles. The maximum atomic E-state index is 12.8. The van der Waals surface area contributed by atoms with Crippen LogP contribution in [0, 0.1) is 0 Å². The highest BCUT2D eigenvalue weighted by Gasteiger charge is 2.26. The van der Waals surface area contributed by atoms with Crippen molar-refractivity contribution in [2.45, 2.75) is 341 Å². The van der Waals surface area contributed by atoms with Crippen molar-refractivity contribution in [3.8, 4) is 0 Å². The van der Waals surface area contributed by atoms with Crippen LogP contribution >= 0.6 is 7.82 Å². The van der Waals surface area contributed by atoms with Crippen LogP contribution in [0.25, 0.3) is 0 Å². The molecule has 0 rings (SSSR count). The molecule has 0 saturated carbocycles. The van der Waals surface area contributed by atoms with Crippen LogP contribution < -0.4 is 5.73 Å². The summed E-state index contributed by atoms with van der Waals surface area (Å²) in [6.07, 6.45) is 115. The molecule has 0 aromatic heterocycles. The van der Waals surface area contributed by atoms with Gasteiger partial charge in [-0.2, -0.15) is 0 Å². The lowest BCUT2D eigenvalue weighted by Gasteiger charge is -2.19. The van der Waals surface area contributed by atoms with Gasteiger partial charge in [0.2, 0.25) is 0 Å². The number of nitrogens with two attached hydrogens (primary N) is 1. The molecule has 10 heteroatoms. The number of carbonyl (C=O) groups excluding carboxylic acids is 2. The first-order chi connectivity index (χ1) is 46.8. The van der Waals surface area contributed by atoms with E-state index in [1.54, 1.807) is 0 Å². The zero-order valence-corrected chi connectivity index (χ0v) is 62.0. The van der Waals surface area contributed by atoms with E-state index in [-0.39, 0.29) is 38.6 Å². The summed E-state index contributed by atoms with van der Waals surface area (Å²) in [7, 11) is -4.41. The number of unbranched alkanes of at least 4 members (excludes halogenated alkanes) is 33. The number of allylic oxidation sites excluding steroid dienone is 26. The van der Waals surface area contributed by atoms with Gasteiger partial charge < -0.3 is 20.1 Å². The molecule has 0 saturated heterocycles. The second kappa shape index (κ2) is 78.6. The van der Waals surface area contributed by atoms with Crippen LogP contribution in [0.15, 0.2) is 158 Å². The summed E-state index contributed by atoms with van der Waals surface area (Å²) in [6, 6.07) is 0. The zero-order valence-electron chi connectivity index (χ0n) is 61.1. The van der Waals surface area contributed by atoms with Crippen LogP contribution in [0.4, 0.5) is 0 Å². The summed E-state index contributed by atoms with van der Waals surface area (Å²) in [5, 5.41) is 0. The fraction of sp³-hybridized carbons (Fsp3) is 0.671. The number of esters is 2. The molecule has 0 aromatic rings. The second-order valence-electron chi connectivity index (χ2n) is 25.5. The summed E-state index contributed by atoms with van der Waals surface area (Å²) in [4.78, 5) is 35.5. The van der Waals surface area contributed by atoms with Gasteiger partial charge in [-0.05, 0) is 122 Å². The Morgan fingerprint density at radius 1 is 0.316 bits per heavy atom. The Kier molecular flexibility index (Phi) is 75.0. The van der Waals surface area contributed by atoms with Gasteiger partial charge in [0, 0.05) is 19.4 Å². The van der Waals surface area contributed by atoms with E-state index in [2.05, 4.69) is 172 Å². The van der Waals surface area contributed by atoms with E-state index in [1.807, 2.05) is 0 Å². The average molecular weight is 1340 g/mol. The molecule has 542 valence electrons.